The molecule has 0 saturated carbocycles. The number of aryl methyl sites for hydroxylation is 1. The van der Waals surface area contributed by atoms with E-state index in [9.17, 15) is 14.7 Å². The number of aromatic nitrogens is 1. The van der Waals surface area contributed by atoms with Crippen LogP contribution in [0.25, 0.3) is 11.3 Å². The van der Waals surface area contributed by atoms with Gasteiger partial charge in [-0.25, -0.2) is 4.98 Å². The van der Waals surface area contributed by atoms with E-state index in [0.29, 0.717) is 5.69 Å². The minimum absolute atomic E-state index is 0.332. The van der Waals surface area contributed by atoms with Gasteiger partial charge < -0.3 is 20.0 Å². The lowest BCUT2D eigenvalue weighted by Crippen LogP contribution is -2.29. The van der Waals surface area contributed by atoms with Crippen LogP contribution in [0.4, 0.5) is 5.69 Å². The average Bonchev–Trinajstić information content (AvgIpc) is 2.86. The lowest BCUT2D eigenvalue weighted by atomic mass is 10.1. The summed E-state index contributed by atoms with van der Waals surface area (Å²) in [5, 5.41) is 15.7. The molecule has 2 rings (SSSR count). The van der Waals surface area contributed by atoms with Crippen molar-refractivity contribution in [2.45, 2.75) is 6.92 Å². The van der Waals surface area contributed by atoms with Crippen molar-refractivity contribution in [1.82, 2.24) is 4.98 Å². The number of carboxylic acids is 1. The molecule has 1 N–H and O–H groups in total. The van der Waals surface area contributed by atoms with E-state index in [4.69, 9.17) is 0 Å². The van der Waals surface area contributed by atoms with E-state index in [0.717, 1.165) is 16.3 Å². The van der Waals surface area contributed by atoms with Crippen LogP contribution in [-0.4, -0.2) is 30.1 Å². The second kappa shape index (κ2) is 6.96. The first-order chi connectivity index (χ1) is 10.0. The highest BCUT2D eigenvalue weighted by Gasteiger charge is 2.05. The van der Waals surface area contributed by atoms with Gasteiger partial charge in [-0.2, -0.15) is 0 Å². The van der Waals surface area contributed by atoms with Gasteiger partial charge in [0.1, 0.15) is 6.61 Å². The number of carbonyl (C=O) groups is 2. The number of carbonyl (C=O) groups excluding carboxylic acids is 2. The summed E-state index contributed by atoms with van der Waals surface area (Å²) >= 11 is 1.58. The average molecular weight is 305 g/mol. The normalized spacial score (nSPS) is 10.3. The molecule has 1 amide bonds. The Labute approximate surface area is 125 Å². The van der Waals surface area contributed by atoms with Crippen molar-refractivity contribution in [3.05, 3.63) is 34.7 Å². The molecule has 1 heterocycles. The molecule has 0 aliphatic heterocycles. The number of hydrogen-bond donors (Lipinski definition) is 1. The van der Waals surface area contributed by atoms with Gasteiger partial charge in [0.2, 0.25) is 5.91 Å². The molecule has 110 valence electrons. The van der Waals surface area contributed by atoms with Gasteiger partial charge in [0.05, 0.1) is 23.3 Å². The van der Waals surface area contributed by atoms with Gasteiger partial charge in [-0.05, 0) is 19.1 Å². The molecule has 21 heavy (non-hydrogen) atoms. The smallest absolute Gasteiger partial charge is 0.250 e. The summed E-state index contributed by atoms with van der Waals surface area (Å²) in [5.74, 6) is -1.78. The van der Waals surface area contributed by atoms with Gasteiger partial charge >= 0.3 is 0 Å². The van der Waals surface area contributed by atoms with Crippen LogP contribution in [0.3, 0.4) is 0 Å². The van der Waals surface area contributed by atoms with Gasteiger partial charge in [-0.1, -0.05) is 12.1 Å². The third-order valence-corrected chi connectivity index (χ3v) is 3.31. The fourth-order valence-electron chi connectivity index (χ4n) is 1.64. The lowest BCUT2D eigenvalue weighted by Gasteiger charge is -2.07. The van der Waals surface area contributed by atoms with Crippen LogP contribution < -0.4 is 10.4 Å². The SMILES string of the molecule is Cc1nc(-c2ccc(NC(=O)COCC(=O)[O-])cc2)cs1. The Hall–Kier alpha value is -2.25. The number of aliphatic carboxylic acids is 1. The van der Waals surface area contributed by atoms with E-state index in [2.05, 4.69) is 15.0 Å². The molecule has 7 heteroatoms. The molecule has 1 aromatic heterocycles. The van der Waals surface area contributed by atoms with E-state index in [-0.39, 0.29) is 6.61 Å². The molecule has 2 aromatic rings. The molecule has 6 nitrogen and oxygen atoms in total. The number of rotatable bonds is 6. The number of carboxylic acid groups (broad SMARTS) is 1. The number of nitrogens with zero attached hydrogens (tertiary/aromatic N) is 1. The van der Waals surface area contributed by atoms with E-state index in [1.807, 2.05) is 24.4 Å². The first-order valence-electron chi connectivity index (χ1n) is 6.14. The molecular formula is C14H13N2O4S-. The monoisotopic (exact) mass is 305 g/mol. The van der Waals surface area contributed by atoms with Crippen molar-refractivity contribution in [3.63, 3.8) is 0 Å². The molecule has 0 aliphatic rings. The van der Waals surface area contributed by atoms with E-state index < -0.39 is 18.5 Å². The lowest BCUT2D eigenvalue weighted by molar-refractivity contribution is -0.309. The largest absolute Gasteiger partial charge is 0.548 e. The first-order valence-corrected chi connectivity index (χ1v) is 7.02. The molecule has 0 saturated heterocycles. The highest BCUT2D eigenvalue weighted by Crippen LogP contribution is 2.22. The van der Waals surface area contributed by atoms with Gasteiger partial charge in [0.15, 0.2) is 0 Å². The summed E-state index contributed by atoms with van der Waals surface area (Å²) in [6.07, 6.45) is 0. The number of hydrogen-bond acceptors (Lipinski definition) is 6. The van der Waals surface area contributed by atoms with Crippen LogP contribution in [0.1, 0.15) is 5.01 Å². The van der Waals surface area contributed by atoms with Crippen LogP contribution >= 0.6 is 11.3 Å². The predicted molar refractivity (Wildman–Crippen MR) is 76.7 cm³/mol. The number of ether oxygens (including phenoxy) is 1. The summed E-state index contributed by atoms with van der Waals surface area (Å²) in [6.45, 7) is 1.01. The van der Waals surface area contributed by atoms with E-state index >= 15 is 0 Å². The fraction of sp³-hybridized carbons (Fsp3) is 0.214. The topological polar surface area (TPSA) is 91.3 Å². The van der Waals surface area contributed by atoms with Crippen LogP contribution in [0.15, 0.2) is 29.6 Å². The van der Waals surface area contributed by atoms with Crippen molar-refractivity contribution in [2.24, 2.45) is 0 Å². The first kappa shape index (κ1) is 15.1. The van der Waals surface area contributed by atoms with Gasteiger partial charge in [0, 0.05) is 16.6 Å². The van der Waals surface area contributed by atoms with E-state index in [1.54, 1.807) is 23.5 Å². The fourth-order valence-corrected chi connectivity index (χ4v) is 2.27. The van der Waals surface area contributed by atoms with Crippen LogP contribution in [0, 0.1) is 6.92 Å². The Kier molecular flexibility index (Phi) is 5.02. The predicted octanol–water partition coefficient (Wildman–Crippen LogP) is 0.824. The highest BCUT2D eigenvalue weighted by molar-refractivity contribution is 7.09. The van der Waals surface area contributed by atoms with Crippen LogP contribution in [0.5, 0.6) is 0 Å². The number of anilines is 1. The summed E-state index contributed by atoms with van der Waals surface area (Å²) in [6, 6.07) is 7.21. The third kappa shape index (κ3) is 4.66. The van der Waals surface area contributed by atoms with Crippen LogP contribution in [0.2, 0.25) is 0 Å². The van der Waals surface area contributed by atoms with Gasteiger partial charge in [-0.15, -0.1) is 11.3 Å². The van der Waals surface area contributed by atoms with Crippen molar-refractivity contribution in [2.75, 3.05) is 18.5 Å². The van der Waals surface area contributed by atoms with Crippen molar-refractivity contribution < 1.29 is 19.4 Å². The van der Waals surface area contributed by atoms with E-state index in [1.165, 1.54) is 0 Å². The Bertz CT molecular complexity index is 637. The zero-order valence-electron chi connectivity index (χ0n) is 11.3. The summed E-state index contributed by atoms with van der Waals surface area (Å²) < 4.78 is 4.64. The quantitative estimate of drug-likeness (QED) is 0.853. The number of amides is 1. The Morgan fingerprint density at radius 1 is 1.29 bits per heavy atom. The second-order valence-electron chi connectivity index (χ2n) is 4.24. The molecule has 0 atom stereocenters. The second-order valence-corrected chi connectivity index (χ2v) is 5.30. The maximum atomic E-state index is 11.5. The molecule has 0 aliphatic carbocycles. The Morgan fingerprint density at radius 2 is 2.00 bits per heavy atom. The molecule has 1 aromatic carbocycles. The van der Waals surface area contributed by atoms with Crippen molar-refractivity contribution in [3.8, 4) is 11.3 Å². The summed E-state index contributed by atoms with van der Waals surface area (Å²) in [7, 11) is 0. The highest BCUT2D eigenvalue weighted by atomic mass is 32.1. The Balaban J connectivity index is 1.90. The summed E-state index contributed by atoms with van der Waals surface area (Å²) in [4.78, 5) is 26.0. The summed E-state index contributed by atoms with van der Waals surface area (Å²) in [5.41, 5.74) is 2.46. The molecule has 0 spiro atoms. The third-order valence-electron chi connectivity index (χ3n) is 2.54. The number of thiazole rings is 1. The minimum atomic E-state index is -1.36. The van der Waals surface area contributed by atoms with Crippen LogP contribution in [-0.2, 0) is 14.3 Å². The molecular weight excluding hydrogens is 292 g/mol. The van der Waals surface area contributed by atoms with Gasteiger partial charge in [0.25, 0.3) is 0 Å². The maximum absolute atomic E-state index is 11.5. The van der Waals surface area contributed by atoms with Crippen molar-refractivity contribution >= 4 is 28.9 Å². The zero-order chi connectivity index (χ0) is 15.2. The Morgan fingerprint density at radius 3 is 2.57 bits per heavy atom. The maximum Gasteiger partial charge on any atom is 0.250 e. The zero-order valence-corrected chi connectivity index (χ0v) is 12.1. The number of nitrogens with one attached hydrogen (secondary N) is 1. The number of benzene rings is 1. The minimum Gasteiger partial charge on any atom is -0.548 e. The molecule has 0 bridgehead atoms. The standard InChI is InChI=1S/C14H14N2O4S/c1-9-15-12(8-21-9)10-2-4-11(5-3-10)16-13(17)6-20-7-14(18)19/h2-5,8H,6-7H2,1H3,(H,16,17)(H,18,19)/p-1. The molecule has 0 radical (unpaired) electrons. The molecule has 0 fully saturated rings. The van der Waals surface area contributed by atoms with Gasteiger partial charge in [-0.3, -0.25) is 4.79 Å². The van der Waals surface area contributed by atoms with Crippen molar-refractivity contribution in [1.29, 1.82) is 0 Å². The molecule has 0 unspecified atom stereocenters.